The SMILES string of the molecule is CCCCOc1ccc(C2c3c(oc4ccc(C)cc4c3=O)C(=O)N2CC2CCCO2)cc1. The van der Waals surface area contributed by atoms with Gasteiger partial charge in [-0.2, -0.15) is 0 Å². The van der Waals surface area contributed by atoms with E-state index >= 15 is 0 Å². The average Bonchev–Trinajstić information content (AvgIpc) is 3.43. The number of carbonyl (C=O) groups excluding carboxylic acids is 1. The third-order valence-corrected chi connectivity index (χ3v) is 6.51. The van der Waals surface area contributed by atoms with Gasteiger partial charge in [0, 0.05) is 13.2 Å². The summed E-state index contributed by atoms with van der Waals surface area (Å²) in [6.07, 6.45) is 3.91. The molecule has 2 aliphatic rings. The highest BCUT2D eigenvalue weighted by Gasteiger charge is 2.43. The van der Waals surface area contributed by atoms with E-state index in [1.54, 1.807) is 11.0 Å². The van der Waals surface area contributed by atoms with E-state index in [0.29, 0.717) is 36.3 Å². The highest BCUT2D eigenvalue weighted by molar-refractivity contribution is 5.99. The highest BCUT2D eigenvalue weighted by Crippen LogP contribution is 2.39. The second-order valence-corrected chi connectivity index (χ2v) is 8.94. The van der Waals surface area contributed by atoms with Crippen molar-refractivity contribution in [3.05, 3.63) is 75.1 Å². The number of fused-ring (bicyclic) bond motifs is 2. The van der Waals surface area contributed by atoms with Crippen LogP contribution in [0.1, 0.15) is 65.9 Å². The van der Waals surface area contributed by atoms with Gasteiger partial charge in [0.2, 0.25) is 5.76 Å². The summed E-state index contributed by atoms with van der Waals surface area (Å²) in [6.45, 7) is 5.86. The van der Waals surface area contributed by atoms with E-state index in [9.17, 15) is 9.59 Å². The van der Waals surface area contributed by atoms with Crippen molar-refractivity contribution in [2.45, 2.75) is 51.7 Å². The van der Waals surface area contributed by atoms with Gasteiger partial charge in [0.15, 0.2) is 5.43 Å². The van der Waals surface area contributed by atoms with E-state index in [1.165, 1.54) is 0 Å². The molecule has 172 valence electrons. The Morgan fingerprint density at radius 2 is 1.94 bits per heavy atom. The molecule has 1 aromatic heterocycles. The molecule has 2 unspecified atom stereocenters. The third-order valence-electron chi connectivity index (χ3n) is 6.51. The number of unbranched alkanes of at least 4 members (excludes halogenated alkanes) is 1. The molecule has 33 heavy (non-hydrogen) atoms. The van der Waals surface area contributed by atoms with Gasteiger partial charge in [-0.1, -0.05) is 37.1 Å². The Hall–Kier alpha value is -3.12. The molecule has 1 amide bonds. The molecule has 0 saturated carbocycles. The molecule has 0 radical (unpaired) electrons. The number of amides is 1. The van der Waals surface area contributed by atoms with Crippen molar-refractivity contribution in [2.75, 3.05) is 19.8 Å². The maximum atomic E-state index is 13.6. The van der Waals surface area contributed by atoms with Crippen molar-refractivity contribution in [1.82, 2.24) is 4.90 Å². The van der Waals surface area contributed by atoms with Gasteiger partial charge in [0.05, 0.1) is 29.7 Å². The van der Waals surface area contributed by atoms with E-state index in [1.807, 2.05) is 43.3 Å². The van der Waals surface area contributed by atoms with E-state index in [-0.39, 0.29) is 23.2 Å². The van der Waals surface area contributed by atoms with Crippen LogP contribution in [0.15, 0.2) is 51.7 Å². The minimum absolute atomic E-state index is 0.0332. The van der Waals surface area contributed by atoms with Crippen molar-refractivity contribution in [2.24, 2.45) is 0 Å². The molecule has 5 rings (SSSR count). The second kappa shape index (κ2) is 9.02. The van der Waals surface area contributed by atoms with Crippen LogP contribution in [0.5, 0.6) is 5.75 Å². The predicted octanol–water partition coefficient (Wildman–Crippen LogP) is 5.00. The molecule has 6 nitrogen and oxygen atoms in total. The molecule has 2 atom stereocenters. The van der Waals surface area contributed by atoms with E-state index in [0.717, 1.165) is 42.6 Å². The molecule has 3 heterocycles. The molecule has 2 aromatic carbocycles. The number of benzene rings is 2. The molecule has 0 spiro atoms. The van der Waals surface area contributed by atoms with Gasteiger partial charge in [-0.15, -0.1) is 0 Å². The summed E-state index contributed by atoms with van der Waals surface area (Å²) < 4.78 is 17.7. The van der Waals surface area contributed by atoms with Crippen LogP contribution in [0, 0.1) is 6.92 Å². The zero-order valence-corrected chi connectivity index (χ0v) is 19.1. The molecule has 6 heteroatoms. The Bertz CT molecular complexity index is 1220. The topological polar surface area (TPSA) is 69.0 Å². The van der Waals surface area contributed by atoms with Crippen molar-refractivity contribution >= 4 is 16.9 Å². The molecule has 3 aromatic rings. The van der Waals surface area contributed by atoms with Crippen LogP contribution in [-0.2, 0) is 4.74 Å². The molecule has 0 N–H and O–H groups in total. The number of hydrogen-bond acceptors (Lipinski definition) is 5. The van der Waals surface area contributed by atoms with E-state index in [4.69, 9.17) is 13.9 Å². The van der Waals surface area contributed by atoms with Crippen molar-refractivity contribution in [3.63, 3.8) is 0 Å². The number of aryl methyl sites for hydroxylation is 1. The summed E-state index contributed by atoms with van der Waals surface area (Å²) in [5, 5.41) is 0.505. The van der Waals surface area contributed by atoms with Crippen molar-refractivity contribution in [1.29, 1.82) is 0 Å². The fourth-order valence-electron chi connectivity index (χ4n) is 4.76. The van der Waals surface area contributed by atoms with Crippen LogP contribution < -0.4 is 10.2 Å². The minimum Gasteiger partial charge on any atom is -0.494 e. The average molecular weight is 448 g/mol. The first kappa shape index (κ1) is 21.7. The first-order valence-electron chi connectivity index (χ1n) is 11.8. The summed E-state index contributed by atoms with van der Waals surface area (Å²) in [7, 11) is 0. The van der Waals surface area contributed by atoms with Crippen molar-refractivity contribution < 1.29 is 18.7 Å². The van der Waals surface area contributed by atoms with Gasteiger partial charge in [0.1, 0.15) is 11.3 Å². The van der Waals surface area contributed by atoms with E-state index in [2.05, 4.69) is 6.92 Å². The first-order chi connectivity index (χ1) is 16.1. The molecule has 2 aliphatic heterocycles. The predicted molar refractivity (Wildman–Crippen MR) is 126 cm³/mol. The summed E-state index contributed by atoms with van der Waals surface area (Å²) in [5.74, 6) is 0.666. The van der Waals surface area contributed by atoms with Crippen LogP contribution in [0.4, 0.5) is 0 Å². The van der Waals surface area contributed by atoms with Gasteiger partial charge < -0.3 is 18.8 Å². The monoisotopic (exact) mass is 447 g/mol. The maximum Gasteiger partial charge on any atom is 0.291 e. The van der Waals surface area contributed by atoms with Crippen LogP contribution in [0.3, 0.4) is 0 Å². The number of ether oxygens (including phenoxy) is 2. The molecule has 0 aliphatic carbocycles. The highest BCUT2D eigenvalue weighted by atomic mass is 16.5. The molecule has 0 bridgehead atoms. The summed E-state index contributed by atoms with van der Waals surface area (Å²) in [4.78, 5) is 28.9. The Morgan fingerprint density at radius 3 is 2.67 bits per heavy atom. The summed E-state index contributed by atoms with van der Waals surface area (Å²) in [5.41, 5.74) is 2.54. The molecular formula is C27H29NO5. The van der Waals surface area contributed by atoms with Crippen LogP contribution in [-0.4, -0.2) is 36.7 Å². The van der Waals surface area contributed by atoms with Crippen LogP contribution in [0.2, 0.25) is 0 Å². The van der Waals surface area contributed by atoms with Gasteiger partial charge in [-0.05, 0) is 56.0 Å². The molecule has 1 fully saturated rings. The Labute approximate surface area is 193 Å². The van der Waals surface area contributed by atoms with E-state index < -0.39 is 6.04 Å². The smallest absolute Gasteiger partial charge is 0.291 e. The number of nitrogens with zero attached hydrogens (tertiary/aromatic N) is 1. The van der Waals surface area contributed by atoms with Crippen molar-refractivity contribution in [3.8, 4) is 5.75 Å². The Balaban J connectivity index is 1.58. The quantitative estimate of drug-likeness (QED) is 0.477. The number of carbonyl (C=O) groups is 1. The lowest BCUT2D eigenvalue weighted by atomic mass is 9.98. The van der Waals surface area contributed by atoms with Gasteiger partial charge in [-0.25, -0.2) is 0 Å². The lowest BCUT2D eigenvalue weighted by Crippen LogP contribution is -2.36. The maximum absolute atomic E-state index is 13.6. The number of hydrogen-bond donors (Lipinski definition) is 0. The standard InChI is InChI=1S/C27H29NO5/c1-3-4-13-31-19-10-8-18(9-11-19)24-23-25(29)21-15-17(2)7-12-22(21)33-26(23)27(30)28(24)16-20-6-5-14-32-20/h7-12,15,20,24H,3-6,13-14,16H2,1-2H3. The fourth-order valence-corrected chi connectivity index (χ4v) is 4.76. The molecule has 1 saturated heterocycles. The lowest BCUT2D eigenvalue weighted by molar-refractivity contribution is 0.0486. The Morgan fingerprint density at radius 1 is 1.12 bits per heavy atom. The zero-order chi connectivity index (χ0) is 22.9. The number of rotatable bonds is 7. The Kier molecular flexibility index (Phi) is 5.94. The van der Waals surface area contributed by atoms with Gasteiger partial charge >= 0.3 is 0 Å². The fraction of sp³-hybridized carbons (Fsp3) is 0.407. The molecular weight excluding hydrogens is 418 g/mol. The zero-order valence-electron chi connectivity index (χ0n) is 19.1. The van der Waals surface area contributed by atoms with Crippen LogP contribution in [0.25, 0.3) is 11.0 Å². The largest absolute Gasteiger partial charge is 0.494 e. The third kappa shape index (κ3) is 4.04. The summed E-state index contributed by atoms with van der Waals surface area (Å²) >= 11 is 0. The van der Waals surface area contributed by atoms with Gasteiger partial charge in [0.25, 0.3) is 5.91 Å². The van der Waals surface area contributed by atoms with Crippen LogP contribution >= 0.6 is 0 Å². The second-order valence-electron chi connectivity index (χ2n) is 8.94. The normalized spacial score (nSPS) is 19.9. The lowest BCUT2D eigenvalue weighted by Gasteiger charge is -2.27. The van der Waals surface area contributed by atoms with Gasteiger partial charge in [-0.3, -0.25) is 9.59 Å². The first-order valence-corrected chi connectivity index (χ1v) is 11.8. The minimum atomic E-state index is -0.512. The summed E-state index contributed by atoms with van der Waals surface area (Å²) in [6, 6.07) is 12.7.